The second kappa shape index (κ2) is 6.80. The fraction of sp³-hybridized carbons (Fsp3) is 0.222. The molecule has 1 aromatic heterocycles. The molecule has 7 heteroatoms. The lowest BCUT2D eigenvalue weighted by Gasteiger charge is -2.21. The third kappa shape index (κ3) is 3.43. The van der Waals surface area contributed by atoms with Gasteiger partial charge in [0.25, 0.3) is 0 Å². The number of para-hydroxylation sites is 2. The number of ether oxygens (including phenoxy) is 1. The quantitative estimate of drug-likeness (QED) is 0.439. The van der Waals surface area contributed by atoms with Crippen LogP contribution in [0.25, 0.3) is 16.7 Å². The topological polar surface area (TPSA) is 44.1 Å². The molecule has 0 spiro atoms. The fourth-order valence-electron chi connectivity index (χ4n) is 2.48. The average Bonchev–Trinajstić information content (AvgIpc) is 2.91. The number of hydrogen-bond donors (Lipinski definition) is 0. The van der Waals surface area contributed by atoms with Crippen LogP contribution in [-0.4, -0.2) is 27.4 Å². The predicted octanol–water partition coefficient (Wildman–Crippen LogP) is 4.97. The first-order valence-corrected chi connectivity index (χ1v) is 9.15. The van der Waals surface area contributed by atoms with E-state index in [0.29, 0.717) is 15.3 Å². The smallest absolute Gasteiger partial charge is 0.321 e. The Morgan fingerprint density at radius 2 is 2.00 bits per heavy atom. The molecule has 0 N–H and O–H groups in total. The minimum atomic E-state index is -0.861. The lowest BCUT2D eigenvalue weighted by molar-refractivity contribution is -0.142. The van der Waals surface area contributed by atoms with Crippen LogP contribution >= 0.6 is 27.7 Å². The molecule has 0 aliphatic carbocycles. The summed E-state index contributed by atoms with van der Waals surface area (Å²) in [5.74, 6) is -0.748. The molecule has 0 atom stereocenters. The summed E-state index contributed by atoms with van der Waals surface area (Å²) in [5.41, 5.74) is 1.87. The Bertz CT molecular complexity index is 955. The summed E-state index contributed by atoms with van der Waals surface area (Å²) in [5, 5.41) is 0.526. The van der Waals surface area contributed by atoms with Gasteiger partial charge >= 0.3 is 5.97 Å². The van der Waals surface area contributed by atoms with Gasteiger partial charge in [0, 0.05) is 4.47 Å². The number of hydrogen-bond acceptors (Lipinski definition) is 4. The first-order valence-electron chi connectivity index (χ1n) is 7.54. The number of carbonyl (C=O) groups is 1. The summed E-state index contributed by atoms with van der Waals surface area (Å²) in [7, 11) is 1.35. The van der Waals surface area contributed by atoms with Crippen LogP contribution in [0.2, 0.25) is 0 Å². The predicted molar refractivity (Wildman–Crippen MR) is 101 cm³/mol. The van der Waals surface area contributed by atoms with Gasteiger partial charge in [0.1, 0.15) is 10.6 Å². The summed E-state index contributed by atoms with van der Waals surface area (Å²) >= 11 is 4.51. The SMILES string of the molecule is COC(=O)C(C)(C)Sc1nc2ccccc2n1-c1ccc(Br)cc1F. The van der Waals surface area contributed by atoms with Crippen LogP contribution in [0.3, 0.4) is 0 Å². The van der Waals surface area contributed by atoms with Crippen LogP contribution < -0.4 is 0 Å². The number of rotatable bonds is 4. The van der Waals surface area contributed by atoms with Crippen molar-refractivity contribution in [3.8, 4) is 5.69 Å². The second-order valence-electron chi connectivity index (χ2n) is 5.92. The molecule has 0 radical (unpaired) electrons. The fourth-order valence-corrected chi connectivity index (χ4v) is 3.87. The zero-order valence-electron chi connectivity index (χ0n) is 13.9. The number of aromatic nitrogens is 2. The Labute approximate surface area is 157 Å². The monoisotopic (exact) mass is 422 g/mol. The Balaban J connectivity index is 2.21. The molecule has 0 amide bonds. The van der Waals surface area contributed by atoms with Crippen LogP contribution in [0.5, 0.6) is 0 Å². The highest BCUT2D eigenvalue weighted by atomic mass is 79.9. The molecule has 0 bridgehead atoms. The van der Waals surface area contributed by atoms with E-state index in [4.69, 9.17) is 4.74 Å². The van der Waals surface area contributed by atoms with Gasteiger partial charge in [-0.1, -0.05) is 39.8 Å². The van der Waals surface area contributed by atoms with Crippen molar-refractivity contribution in [3.05, 3.63) is 52.8 Å². The van der Waals surface area contributed by atoms with Gasteiger partial charge in [-0.25, -0.2) is 9.37 Å². The highest BCUT2D eigenvalue weighted by Crippen LogP contribution is 2.37. The van der Waals surface area contributed by atoms with Crippen LogP contribution in [0, 0.1) is 5.82 Å². The summed E-state index contributed by atoms with van der Waals surface area (Å²) in [6.45, 7) is 3.51. The molecule has 1 heterocycles. The Morgan fingerprint density at radius 3 is 2.68 bits per heavy atom. The van der Waals surface area contributed by atoms with Crippen LogP contribution in [0.15, 0.2) is 52.1 Å². The standard InChI is InChI=1S/C18H16BrFN2O2S/c1-18(2,16(23)24-3)25-17-21-13-6-4-5-7-15(13)22(17)14-9-8-11(19)10-12(14)20/h4-10H,1-3H3. The Kier molecular flexibility index (Phi) is 4.88. The molecular weight excluding hydrogens is 407 g/mol. The largest absolute Gasteiger partial charge is 0.468 e. The van der Waals surface area contributed by atoms with Crippen LogP contribution in [0.4, 0.5) is 4.39 Å². The Morgan fingerprint density at radius 1 is 1.28 bits per heavy atom. The van der Waals surface area contributed by atoms with Gasteiger partial charge < -0.3 is 4.74 Å². The molecule has 3 aromatic rings. The number of thioether (sulfide) groups is 1. The summed E-state index contributed by atoms with van der Waals surface area (Å²) in [6, 6.07) is 12.3. The molecule has 0 unspecified atom stereocenters. The number of esters is 1. The van der Waals surface area contributed by atoms with E-state index >= 15 is 0 Å². The van der Waals surface area contributed by atoms with Crippen molar-refractivity contribution in [3.63, 3.8) is 0 Å². The number of nitrogens with zero attached hydrogens (tertiary/aromatic N) is 2. The molecule has 0 aliphatic rings. The van der Waals surface area contributed by atoms with Crippen molar-refractivity contribution in [1.29, 1.82) is 0 Å². The van der Waals surface area contributed by atoms with E-state index in [0.717, 1.165) is 11.0 Å². The number of imidazole rings is 1. The molecule has 0 aliphatic heterocycles. The maximum absolute atomic E-state index is 14.6. The third-order valence-electron chi connectivity index (χ3n) is 3.70. The van der Waals surface area contributed by atoms with Crippen molar-refractivity contribution < 1.29 is 13.9 Å². The summed E-state index contributed by atoms with van der Waals surface area (Å²) in [4.78, 5) is 16.6. The van der Waals surface area contributed by atoms with Crippen LogP contribution in [0.1, 0.15) is 13.8 Å². The first kappa shape index (κ1) is 17.9. The Hall–Kier alpha value is -1.86. The minimum absolute atomic E-state index is 0.368. The normalized spacial score (nSPS) is 11.7. The average molecular weight is 423 g/mol. The number of fused-ring (bicyclic) bond motifs is 1. The van der Waals surface area contributed by atoms with Gasteiger partial charge in [0.05, 0.1) is 23.8 Å². The maximum atomic E-state index is 14.6. The highest BCUT2D eigenvalue weighted by molar-refractivity contribution is 9.10. The summed E-state index contributed by atoms with van der Waals surface area (Å²) in [6.07, 6.45) is 0. The van der Waals surface area contributed by atoms with E-state index in [1.807, 2.05) is 24.3 Å². The van der Waals surface area contributed by atoms with E-state index in [1.165, 1.54) is 24.9 Å². The maximum Gasteiger partial charge on any atom is 0.321 e. The molecule has 2 aromatic carbocycles. The third-order valence-corrected chi connectivity index (χ3v) is 5.33. The van der Waals surface area contributed by atoms with E-state index in [2.05, 4.69) is 20.9 Å². The number of methoxy groups -OCH3 is 1. The molecular formula is C18H16BrFN2O2S. The molecule has 0 saturated heterocycles. The van der Waals surface area contributed by atoms with E-state index in [-0.39, 0.29) is 11.8 Å². The van der Waals surface area contributed by atoms with Crippen molar-refractivity contribution in [1.82, 2.24) is 9.55 Å². The first-order chi connectivity index (χ1) is 11.8. The van der Waals surface area contributed by atoms with Gasteiger partial charge in [-0.05, 0) is 44.2 Å². The van der Waals surface area contributed by atoms with Gasteiger partial charge in [-0.2, -0.15) is 0 Å². The lowest BCUT2D eigenvalue weighted by atomic mass is 10.2. The second-order valence-corrected chi connectivity index (χ2v) is 8.42. The molecule has 130 valence electrons. The number of carbonyl (C=O) groups excluding carboxylic acids is 1. The molecule has 3 rings (SSSR count). The van der Waals surface area contributed by atoms with Crippen LogP contribution in [-0.2, 0) is 9.53 Å². The van der Waals surface area contributed by atoms with Gasteiger partial charge in [0.15, 0.2) is 5.16 Å². The van der Waals surface area contributed by atoms with E-state index in [1.54, 1.807) is 30.5 Å². The van der Waals surface area contributed by atoms with Crippen molar-refractivity contribution >= 4 is 44.7 Å². The van der Waals surface area contributed by atoms with Gasteiger partial charge in [0.2, 0.25) is 0 Å². The van der Waals surface area contributed by atoms with Gasteiger partial charge in [-0.3, -0.25) is 9.36 Å². The number of benzene rings is 2. The van der Waals surface area contributed by atoms with Crippen molar-refractivity contribution in [2.75, 3.05) is 7.11 Å². The van der Waals surface area contributed by atoms with Crippen molar-refractivity contribution in [2.24, 2.45) is 0 Å². The van der Waals surface area contributed by atoms with E-state index in [9.17, 15) is 9.18 Å². The van der Waals surface area contributed by atoms with E-state index < -0.39 is 4.75 Å². The highest BCUT2D eigenvalue weighted by Gasteiger charge is 2.33. The lowest BCUT2D eigenvalue weighted by Crippen LogP contribution is -2.29. The van der Waals surface area contributed by atoms with Gasteiger partial charge in [-0.15, -0.1) is 0 Å². The number of halogens is 2. The minimum Gasteiger partial charge on any atom is -0.468 e. The molecule has 25 heavy (non-hydrogen) atoms. The zero-order valence-corrected chi connectivity index (χ0v) is 16.3. The molecule has 0 saturated carbocycles. The summed E-state index contributed by atoms with van der Waals surface area (Å²) < 4.78 is 21.0. The molecule has 0 fully saturated rings. The molecule has 4 nitrogen and oxygen atoms in total. The zero-order chi connectivity index (χ0) is 18.2. The van der Waals surface area contributed by atoms with Crippen molar-refractivity contribution in [2.45, 2.75) is 23.8 Å².